The van der Waals surface area contributed by atoms with Crippen LogP contribution in [-0.4, -0.2) is 49.2 Å². The molecule has 0 aromatic carbocycles. The van der Waals surface area contributed by atoms with E-state index in [9.17, 15) is 8.42 Å². The minimum atomic E-state index is -3.22. The van der Waals surface area contributed by atoms with Crippen LogP contribution in [0.1, 0.15) is 19.8 Å². The Morgan fingerprint density at radius 1 is 1.12 bits per heavy atom. The Morgan fingerprint density at radius 2 is 1.69 bits per heavy atom. The predicted molar refractivity (Wildman–Crippen MR) is 65.7 cm³/mol. The zero-order chi connectivity index (χ0) is 11.1. The van der Waals surface area contributed by atoms with Crippen molar-refractivity contribution in [2.45, 2.75) is 25.8 Å². The third-order valence-electron chi connectivity index (χ3n) is 3.35. The van der Waals surface area contributed by atoms with Gasteiger partial charge in [-0.15, -0.1) is 12.4 Å². The quantitative estimate of drug-likeness (QED) is 0.769. The van der Waals surface area contributed by atoms with Gasteiger partial charge >= 0.3 is 0 Å². The topological polar surface area (TPSA) is 66.6 Å². The monoisotopic (exact) mass is 269 g/mol. The normalized spacial score (nSPS) is 32.9. The van der Waals surface area contributed by atoms with Crippen LogP contribution in [0.3, 0.4) is 0 Å². The Hall–Kier alpha value is 0.120. The first-order chi connectivity index (χ1) is 7.01. The zero-order valence-electron chi connectivity index (χ0n) is 9.50. The SMILES string of the molecule is CC1CN(S(=O)(=O)N2CCCC2)CC1N.Cl. The maximum Gasteiger partial charge on any atom is 0.282 e. The van der Waals surface area contributed by atoms with Crippen LogP contribution in [0.5, 0.6) is 0 Å². The van der Waals surface area contributed by atoms with E-state index in [0.29, 0.717) is 26.2 Å². The van der Waals surface area contributed by atoms with Gasteiger partial charge < -0.3 is 5.73 Å². The molecule has 0 aromatic rings. The van der Waals surface area contributed by atoms with Crippen LogP contribution in [0, 0.1) is 5.92 Å². The van der Waals surface area contributed by atoms with Gasteiger partial charge in [-0.2, -0.15) is 17.0 Å². The van der Waals surface area contributed by atoms with E-state index in [1.54, 1.807) is 4.31 Å². The summed E-state index contributed by atoms with van der Waals surface area (Å²) >= 11 is 0. The van der Waals surface area contributed by atoms with Crippen molar-refractivity contribution in [3.05, 3.63) is 0 Å². The molecule has 2 unspecified atom stereocenters. The fourth-order valence-electron chi connectivity index (χ4n) is 2.22. The van der Waals surface area contributed by atoms with Crippen LogP contribution in [0.2, 0.25) is 0 Å². The molecule has 2 atom stereocenters. The summed E-state index contributed by atoms with van der Waals surface area (Å²) in [4.78, 5) is 0. The second kappa shape index (κ2) is 5.18. The molecule has 7 heteroatoms. The molecule has 96 valence electrons. The molecule has 0 aromatic heterocycles. The van der Waals surface area contributed by atoms with Gasteiger partial charge in [0.2, 0.25) is 0 Å². The second-order valence-electron chi connectivity index (χ2n) is 4.57. The van der Waals surface area contributed by atoms with Crippen LogP contribution in [0.25, 0.3) is 0 Å². The lowest BCUT2D eigenvalue weighted by Gasteiger charge is -2.23. The van der Waals surface area contributed by atoms with Crippen LogP contribution in [0.4, 0.5) is 0 Å². The molecule has 2 N–H and O–H groups in total. The smallest absolute Gasteiger partial charge is 0.282 e. The number of nitrogens with zero attached hydrogens (tertiary/aromatic N) is 2. The molecular formula is C9H20ClN3O2S. The third-order valence-corrected chi connectivity index (χ3v) is 5.32. The van der Waals surface area contributed by atoms with Crippen molar-refractivity contribution in [3.8, 4) is 0 Å². The van der Waals surface area contributed by atoms with Crippen molar-refractivity contribution < 1.29 is 8.42 Å². The number of nitrogens with two attached hydrogens (primary N) is 1. The van der Waals surface area contributed by atoms with Gasteiger partial charge in [0, 0.05) is 32.2 Å². The lowest BCUT2D eigenvalue weighted by Crippen LogP contribution is -2.42. The number of halogens is 1. The summed E-state index contributed by atoms with van der Waals surface area (Å²) < 4.78 is 27.4. The Morgan fingerprint density at radius 3 is 2.12 bits per heavy atom. The van der Waals surface area contributed by atoms with Gasteiger partial charge in [-0.1, -0.05) is 6.92 Å². The van der Waals surface area contributed by atoms with E-state index >= 15 is 0 Å². The van der Waals surface area contributed by atoms with Gasteiger partial charge in [0.25, 0.3) is 10.2 Å². The molecule has 2 saturated heterocycles. The van der Waals surface area contributed by atoms with Gasteiger partial charge in [-0.3, -0.25) is 0 Å². The summed E-state index contributed by atoms with van der Waals surface area (Å²) in [6.07, 6.45) is 1.96. The maximum atomic E-state index is 12.1. The highest BCUT2D eigenvalue weighted by Crippen LogP contribution is 2.23. The molecule has 0 radical (unpaired) electrons. The standard InChI is InChI=1S/C9H19N3O2S.ClH/c1-8-6-12(7-9(8)10)15(13,14)11-4-2-3-5-11;/h8-9H,2-7,10H2,1H3;1H. The first kappa shape index (κ1) is 14.2. The first-order valence-electron chi connectivity index (χ1n) is 5.52. The largest absolute Gasteiger partial charge is 0.326 e. The summed E-state index contributed by atoms with van der Waals surface area (Å²) in [6.45, 7) is 4.38. The number of hydrogen-bond acceptors (Lipinski definition) is 3. The molecule has 2 fully saturated rings. The molecule has 16 heavy (non-hydrogen) atoms. The van der Waals surface area contributed by atoms with Crippen molar-refractivity contribution in [3.63, 3.8) is 0 Å². The fraction of sp³-hybridized carbons (Fsp3) is 1.00. The lowest BCUT2D eigenvalue weighted by atomic mass is 10.1. The van der Waals surface area contributed by atoms with Crippen molar-refractivity contribution >= 4 is 22.6 Å². The highest BCUT2D eigenvalue weighted by Gasteiger charge is 2.38. The summed E-state index contributed by atoms with van der Waals surface area (Å²) in [5, 5.41) is 0. The van der Waals surface area contributed by atoms with E-state index in [1.807, 2.05) is 6.92 Å². The summed E-state index contributed by atoms with van der Waals surface area (Å²) in [6, 6.07) is -0.0117. The minimum Gasteiger partial charge on any atom is -0.326 e. The molecule has 2 heterocycles. The molecule has 0 bridgehead atoms. The molecule has 0 amide bonds. The van der Waals surface area contributed by atoms with E-state index in [0.717, 1.165) is 12.8 Å². The Labute approximate surface area is 104 Å². The summed E-state index contributed by atoms with van der Waals surface area (Å²) in [7, 11) is -3.22. The molecule has 2 aliphatic rings. The van der Waals surface area contributed by atoms with Crippen molar-refractivity contribution in [2.24, 2.45) is 11.7 Å². The van der Waals surface area contributed by atoms with E-state index in [-0.39, 0.29) is 24.4 Å². The average Bonchev–Trinajstić information content (AvgIpc) is 2.77. The van der Waals surface area contributed by atoms with Crippen molar-refractivity contribution in [1.82, 2.24) is 8.61 Å². The fourth-order valence-corrected chi connectivity index (χ4v) is 4.05. The van der Waals surface area contributed by atoms with E-state index in [1.165, 1.54) is 4.31 Å². The van der Waals surface area contributed by atoms with Crippen LogP contribution in [0.15, 0.2) is 0 Å². The highest BCUT2D eigenvalue weighted by atomic mass is 35.5. The van der Waals surface area contributed by atoms with Gasteiger partial charge in [-0.05, 0) is 18.8 Å². The maximum absolute atomic E-state index is 12.1. The summed E-state index contributed by atoms with van der Waals surface area (Å²) in [5.41, 5.74) is 5.84. The van der Waals surface area contributed by atoms with E-state index in [2.05, 4.69) is 0 Å². The third kappa shape index (κ3) is 2.51. The number of rotatable bonds is 2. The van der Waals surface area contributed by atoms with Crippen molar-refractivity contribution in [2.75, 3.05) is 26.2 Å². The second-order valence-corrected chi connectivity index (χ2v) is 6.50. The van der Waals surface area contributed by atoms with Crippen LogP contribution in [-0.2, 0) is 10.2 Å². The Bertz CT molecular complexity index is 320. The highest BCUT2D eigenvalue weighted by molar-refractivity contribution is 7.86. The molecular weight excluding hydrogens is 250 g/mol. The number of hydrogen-bond donors (Lipinski definition) is 1. The van der Waals surface area contributed by atoms with Gasteiger partial charge in [0.15, 0.2) is 0 Å². The Balaban J connectivity index is 0.00000128. The Kier molecular flexibility index (Phi) is 4.59. The first-order valence-corrected chi connectivity index (χ1v) is 6.92. The minimum absolute atomic E-state index is 0. The van der Waals surface area contributed by atoms with E-state index in [4.69, 9.17) is 5.73 Å². The molecule has 0 saturated carbocycles. The molecule has 5 nitrogen and oxygen atoms in total. The van der Waals surface area contributed by atoms with Crippen LogP contribution >= 0.6 is 12.4 Å². The predicted octanol–water partition coefficient (Wildman–Crippen LogP) is 0.0278. The zero-order valence-corrected chi connectivity index (χ0v) is 11.1. The summed E-state index contributed by atoms with van der Waals surface area (Å²) in [5.74, 6) is 0.266. The molecule has 0 aliphatic carbocycles. The average molecular weight is 270 g/mol. The van der Waals surface area contributed by atoms with Gasteiger partial charge in [0.05, 0.1) is 0 Å². The molecule has 0 spiro atoms. The van der Waals surface area contributed by atoms with E-state index < -0.39 is 10.2 Å². The molecule has 2 aliphatic heterocycles. The van der Waals surface area contributed by atoms with Crippen molar-refractivity contribution in [1.29, 1.82) is 0 Å². The van der Waals surface area contributed by atoms with Gasteiger partial charge in [-0.25, -0.2) is 0 Å². The lowest BCUT2D eigenvalue weighted by molar-refractivity contribution is 0.391. The molecule has 2 rings (SSSR count). The van der Waals surface area contributed by atoms with Crippen LogP contribution < -0.4 is 5.73 Å². The van der Waals surface area contributed by atoms with Gasteiger partial charge in [0.1, 0.15) is 0 Å².